The van der Waals surface area contributed by atoms with Crippen molar-refractivity contribution in [2.24, 2.45) is 0 Å². The van der Waals surface area contributed by atoms with Crippen molar-refractivity contribution in [1.82, 2.24) is 0 Å². The van der Waals surface area contributed by atoms with Crippen molar-refractivity contribution >= 4 is 5.69 Å². The van der Waals surface area contributed by atoms with E-state index in [9.17, 15) is 0 Å². The monoisotopic (exact) mass is 204 g/mol. The molecule has 2 N–H and O–H groups in total. The standard InChI is InChI=1S/C12H16N2O/c1-2-11(6-7-15)14-12-5-3-4-10(8-12)9-13/h3-5,8,11,14-15H,2,6-7H2,1H3. The number of anilines is 1. The van der Waals surface area contributed by atoms with Crippen LogP contribution in [-0.4, -0.2) is 17.8 Å². The number of rotatable bonds is 5. The molecule has 0 aliphatic rings. The lowest BCUT2D eigenvalue weighted by Crippen LogP contribution is -2.19. The number of nitrogens with one attached hydrogen (secondary N) is 1. The van der Waals surface area contributed by atoms with Crippen LogP contribution in [0, 0.1) is 11.3 Å². The predicted molar refractivity (Wildman–Crippen MR) is 60.6 cm³/mol. The molecular weight excluding hydrogens is 188 g/mol. The van der Waals surface area contributed by atoms with E-state index in [2.05, 4.69) is 18.3 Å². The first-order chi connectivity index (χ1) is 7.30. The molecule has 0 spiro atoms. The van der Waals surface area contributed by atoms with Crippen LogP contribution in [0.4, 0.5) is 5.69 Å². The zero-order valence-corrected chi connectivity index (χ0v) is 8.90. The lowest BCUT2D eigenvalue weighted by atomic mass is 10.1. The van der Waals surface area contributed by atoms with Gasteiger partial charge in [-0.25, -0.2) is 0 Å². The fraction of sp³-hybridized carbons (Fsp3) is 0.417. The molecule has 1 aromatic carbocycles. The van der Waals surface area contributed by atoms with Gasteiger partial charge in [0.1, 0.15) is 0 Å². The molecule has 0 aliphatic heterocycles. The second-order valence-corrected chi connectivity index (χ2v) is 3.45. The van der Waals surface area contributed by atoms with Crippen molar-refractivity contribution in [1.29, 1.82) is 5.26 Å². The molecule has 0 fully saturated rings. The average Bonchev–Trinajstić information content (AvgIpc) is 2.29. The van der Waals surface area contributed by atoms with Gasteiger partial charge in [0, 0.05) is 18.3 Å². The van der Waals surface area contributed by atoms with Gasteiger partial charge in [0.2, 0.25) is 0 Å². The number of aliphatic hydroxyl groups excluding tert-OH is 1. The Morgan fingerprint density at radius 3 is 2.93 bits per heavy atom. The smallest absolute Gasteiger partial charge is 0.0992 e. The summed E-state index contributed by atoms with van der Waals surface area (Å²) < 4.78 is 0. The van der Waals surface area contributed by atoms with Crippen LogP contribution in [0.25, 0.3) is 0 Å². The van der Waals surface area contributed by atoms with E-state index in [1.54, 1.807) is 6.07 Å². The van der Waals surface area contributed by atoms with Gasteiger partial charge >= 0.3 is 0 Å². The molecule has 0 amide bonds. The summed E-state index contributed by atoms with van der Waals surface area (Å²) >= 11 is 0. The highest BCUT2D eigenvalue weighted by Gasteiger charge is 2.05. The third-order valence-corrected chi connectivity index (χ3v) is 2.33. The van der Waals surface area contributed by atoms with Gasteiger partial charge in [-0.2, -0.15) is 5.26 Å². The summed E-state index contributed by atoms with van der Waals surface area (Å²) in [4.78, 5) is 0. The van der Waals surface area contributed by atoms with E-state index in [0.717, 1.165) is 18.5 Å². The maximum Gasteiger partial charge on any atom is 0.0992 e. The number of hydrogen-bond acceptors (Lipinski definition) is 3. The summed E-state index contributed by atoms with van der Waals surface area (Å²) in [5.41, 5.74) is 1.59. The van der Waals surface area contributed by atoms with Crippen molar-refractivity contribution in [3.63, 3.8) is 0 Å². The first-order valence-electron chi connectivity index (χ1n) is 5.17. The minimum Gasteiger partial charge on any atom is -0.396 e. The predicted octanol–water partition coefficient (Wildman–Crippen LogP) is 2.13. The van der Waals surface area contributed by atoms with Crippen LogP contribution in [0.1, 0.15) is 25.3 Å². The van der Waals surface area contributed by atoms with Gasteiger partial charge in [-0.1, -0.05) is 13.0 Å². The third-order valence-electron chi connectivity index (χ3n) is 2.33. The van der Waals surface area contributed by atoms with E-state index < -0.39 is 0 Å². The number of nitriles is 1. The maximum atomic E-state index is 8.85. The van der Waals surface area contributed by atoms with E-state index in [-0.39, 0.29) is 12.6 Å². The van der Waals surface area contributed by atoms with E-state index in [1.807, 2.05) is 18.2 Å². The van der Waals surface area contributed by atoms with E-state index in [1.165, 1.54) is 0 Å². The van der Waals surface area contributed by atoms with E-state index >= 15 is 0 Å². The summed E-state index contributed by atoms with van der Waals surface area (Å²) in [5.74, 6) is 0. The van der Waals surface area contributed by atoms with Crippen LogP contribution in [0.5, 0.6) is 0 Å². The van der Waals surface area contributed by atoms with Crippen molar-refractivity contribution < 1.29 is 5.11 Å². The second kappa shape index (κ2) is 6.05. The fourth-order valence-electron chi connectivity index (χ4n) is 1.45. The Hall–Kier alpha value is -1.53. The van der Waals surface area contributed by atoms with Gasteiger partial charge in [0.25, 0.3) is 0 Å². The molecule has 0 heterocycles. The lowest BCUT2D eigenvalue weighted by Gasteiger charge is -2.17. The highest BCUT2D eigenvalue weighted by molar-refractivity contribution is 5.49. The second-order valence-electron chi connectivity index (χ2n) is 3.45. The van der Waals surface area contributed by atoms with Gasteiger partial charge in [0.15, 0.2) is 0 Å². The molecule has 0 aromatic heterocycles. The Morgan fingerprint density at radius 2 is 2.33 bits per heavy atom. The number of nitrogens with zero attached hydrogens (tertiary/aromatic N) is 1. The van der Waals surface area contributed by atoms with Crippen LogP contribution in [0.15, 0.2) is 24.3 Å². The van der Waals surface area contributed by atoms with Crippen LogP contribution in [-0.2, 0) is 0 Å². The van der Waals surface area contributed by atoms with Gasteiger partial charge in [0.05, 0.1) is 11.6 Å². The summed E-state index contributed by atoms with van der Waals surface area (Å²) in [7, 11) is 0. The fourth-order valence-corrected chi connectivity index (χ4v) is 1.45. The molecule has 3 heteroatoms. The molecule has 1 unspecified atom stereocenters. The highest BCUT2D eigenvalue weighted by Crippen LogP contribution is 2.13. The molecule has 1 aromatic rings. The Balaban J connectivity index is 2.66. The molecular formula is C12H16N2O. The quantitative estimate of drug-likeness (QED) is 0.772. The third kappa shape index (κ3) is 3.61. The first-order valence-corrected chi connectivity index (χ1v) is 5.17. The molecule has 0 bridgehead atoms. The average molecular weight is 204 g/mol. The highest BCUT2D eigenvalue weighted by atomic mass is 16.3. The van der Waals surface area contributed by atoms with Crippen molar-refractivity contribution in [2.75, 3.05) is 11.9 Å². The first kappa shape index (κ1) is 11.5. The molecule has 1 rings (SSSR count). The summed E-state index contributed by atoms with van der Waals surface area (Å²) in [6, 6.07) is 9.75. The van der Waals surface area contributed by atoms with Crippen molar-refractivity contribution in [3.05, 3.63) is 29.8 Å². The Bertz CT molecular complexity index is 344. The molecule has 0 aliphatic carbocycles. The van der Waals surface area contributed by atoms with Gasteiger partial charge < -0.3 is 10.4 Å². The maximum absolute atomic E-state index is 8.85. The Labute approximate surface area is 90.4 Å². The molecule has 0 radical (unpaired) electrons. The van der Waals surface area contributed by atoms with Gasteiger partial charge in [-0.05, 0) is 31.0 Å². The largest absolute Gasteiger partial charge is 0.396 e. The van der Waals surface area contributed by atoms with E-state index in [0.29, 0.717) is 5.56 Å². The number of benzene rings is 1. The van der Waals surface area contributed by atoms with Crippen LogP contribution in [0.3, 0.4) is 0 Å². The Kier molecular flexibility index (Phi) is 4.65. The van der Waals surface area contributed by atoms with Gasteiger partial charge in [-0.15, -0.1) is 0 Å². The number of aliphatic hydroxyl groups is 1. The summed E-state index contributed by atoms with van der Waals surface area (Å²) in [6.45, 7) is 2.25. The van der Waals surface area contributed by atoms with Crippen LogP contribution < -0.4 is 5.32 Å². The molecule has 0 saturated heterocycles. The van der Waals surface area contributed by atoms with Crippen LogP contribution >= 0.6 is 0 Å². The summed E-state index contributed by atoms with van der Waals surface area (Å²) in [6.07, 6.45) is 1.69. The zero-order valence-electron chi connectivity index (χ0n) is 8.90. The molecule has 3 nitrogen and oxygen atoms in total. The van der Waals surface area contributed by atoms with Crippen LogP contribution in [0.2, 0.25) is 0 Å². The van der Waals surface area contributed by atoms with Gasteiger partial charge in [-0.3, -0.25) is 0 Å². The summed E-state index contributed by atoms with van der Waals surface area (Å²) in [5, 5.41) is 20.9. The minimum absolute atomic E-state index is 0.184. The molecule has 1 atom stereocenters. The van der Waals surface area contributed by atoms with Crippen molar-refractivity contribution in [2.45, 2.75) is 25.8 Å². The molecule has 15 heavy (non-hydrogen) atoms. The molecule has 80 valence electrons. The minimum atomic E-state index is 0.184. The van der Waals surface area contributed by atoms with E-state index in [4.69, 9.17) is 10.4 Å². The zero-order chi connectivity index (χ0) is 11.1. The Morgan fingerprint density at radius 1 is 1.53 bits per heavy atom. The SMILES string of the molecule is CCC(CCO)Nc1cccc(C#N)c1. The normalized spacial score (nSPS) is 11.8. The topological polar surface area (TPSA) is 56.0 Å². The molecule has 0 saturated carbocycles. The lowest BCUT2D eigenvalue weighted by molar-refractivity contribution is 0.278. The van der Waals surface area contributed by atoms with Crippen molar-refractivity contribution in [3.8, 4) is 6.07 Å². The number of hydrogen-bond donors (Lipinski definition) is 2.